The van der Waals surface area contributed by atoms with Crippen LogP contribution in [0.15, 0.2) is 41.2 Å². The maximum absolute atomic E-state index is 11.9. The molecule has 0 aliphatic carbocycles. The molecule has 0 aliphatic heterocycles. The summed E-state index contributed by atoms with van der Waals surface area (Å²) in [7, 11) is 0.985. The molecule has 0 radical (unpaired) electrons. The molecule has 0 spiro atoms. The Kier molecular flexibility index (Phi) is 3.66. The molecule has 0 saturated heterocycles. The fraction of sp³-hybridized carbons (Fsp3) is 0.0714. The summed E-state index contributed by atoms with van der Waals surface area (Å²) >= 11 is 11.8. The van der Waals surface area contributed by atoms with Crippen molar-refractivity contribution in [3.8, 4) is 6.07 Å². The van der Waals surface area contributed by atoms with Crippen molar-refractivity contribution in [2.45, 2.75) is 11.3 Å². The SMILES string of the molecule is [2H]c1c([2H])c(Cc2cc(Cl)cc(Cl)c2)c(S(=O)(=O)Cl)c([2H])c1C#N. The molecule has 0 bridgehead atoms. The van der Waals surface area contributed by atoms with Crippen molar-refractivity contribution in [3.63, 3.8) is 0 Å². The van der Waals surface area contributed by atoms with Gasteiger partial charge in [0.2, 0.25) is 0 Å². The van der Waals surface area contributed by atoms with Crippen LogP contribution in [0, 0.1) is 11.3 Å². The van der Waals surface area contributed by atoms with Crippen molar-refractivity contribution >= 4 is 42.9 Å². The van der Waals surface area contributed by atoms with Crippen LogP contribution >= 0.6 is 33.9 Å². The van der Waals surface area contributed by atoms with Crippen molar-refractivity contribution in [3.05, 3.63) is 63.1 Å². The third-order valence-electron chi connectivity index (χ3n) is 2.51. The van der Waals surface area contributed by atoms with Crippen LogP contribution in [0.25, 0.3) is 0 Å². The van der Waals surface area contributed by atoms with Crippen LogP contribution in [0.2, 0.25) is 10.0 Å². The molecule has 0 heterocycles. The molecule has 2 rings (SSSR count). The van der Waals surface area contributed by atoms with E-state index >= 15 is 0 Å². The first-order valence-corrected chi connectivity index (χ1v) is 8.55. The Labute approximate surface area is 141 Å². The summed E-state index contributed by atoms with van der Waals surface area (Å²) in [5, 5.41) is 9.64. The molecular weight excluding hydrogens is 353 g/mol. The zero-order chi connectivity index (χ0) is 18.2. The Morgan fingerprint density at radius 1 is 1.19 bits per heavy atom. The molecule has 0 aliphatic rings. The monoisotopic (exact) mass is 362 g/mol. The lowest BCUT2D eigenvalue weighted by atomic mass is 10.0. The summed E-state index contributed by atoms with van der Waals surface area (Å²) in [6.45, 7) is 0. The minimum atomic E-state index is -4.41. The maximum atomic E-state index is 11.9. The van der Waals surface area contributed by atoms with Crippen molar-refractivity contribution in [1.29, 1.82) is 5.26 Å². The molecule has 0 N–H and O–H groups in total. The molecule has 21 heavy (non-hydrogen) atoms. The quantitative estimate of drug-likeness (QED) is 0.760. The zero-order valence-electron chi connectivity index (χ0n) is 13.2. The maximum Gasteiger partial charge on any atom is 0.261 e. The number of nitriles is 1. The van der Waals surface area contributed by atoms with E-state index in [4.69, 9.17) is 43.3 Å². The smallest absolute Gasteiger partial charge is 0.207 e. The van der Waals surface area contributed by atoms with Gasteiger partial charge in [-0.1, -0.05) is 29.2 Å². The van der Waals surface area contributed by atoms with E-state index < -0.39 is 37.6 Å². The van der Waals surface area contributed by atoms with Crippen LogP contribution in [0.5, 0.6) is 0 Å². The van der Waals surface area contributed by atoms with Crippen LogP contribution in [0.3, 0.4) is 0 Å². The van der Waals surface area contributed by atoms with E-state index in [0.29, 0.717) is 15.6 Å². The molecule has 0 fully saturated rings. The van der Waals surface area contributed by atoms with Gasteiger partial charge < -0.3 is 0 Å². The summed E-state index contributed by atoms with van der Waals surface area (Å²) in [5.41, 5.74) is -0.199. The van der Waals surface area contributed by atoms with Gasteiger partial charge in [-0.2, -0.15) is 5.26 Å². The molecule has 0 atom stereocenters. The van der Waals surface area contributed by atoms with E-state index in [-0.39, 0.29) is 12.0 Å². The highest BCUT2D eigenvalue weighted by Gasteiger charge is 2.17. The predicted octanol–water partition coefficient (Wildman–Crippen LogP) is 4.38. The van der Waals surface area contributed by atoms with Gasteiger partial charge in [-0.15, -0.1) is 0 Å². The summed E-state index contributed by atoms with van der Waals surface area (Å²) in [5.74, 6) is 0. The van der Waals surface area contributed by atoms with Crippen LogP contribution in [0.1, 0.15) is 20.8 Å². The van der Waals surface area contributed by atoms with E-state index in [9.17, 15) is 8.42 Å². The predicted molar refractivity (Wildman–Crippen MR) is 83.5 cm³/mol. The number of hydrogen-bond donors (Lipinski definition) is 0. The lowest BCUT2D eigenvalue weighted by Crippen LogP contribution is -2.00. The number of benzene rings is 2. The Morgan fingerprint density at radius 3 is 2.33 bits per heavy atom. The van der Waals surface area contributed by atoms with E-state index in [1.54, 1.807) is 6.07 Å². The minimum absolute atomic E-state index is 0.135. The third-order valence-corrected chi connectivity index (χ3v) is 4.25. The average molecular weight is 364 g/mol. The van der Waals surface area contributed by atoms with Crippen molar-refractivity contribution in [2.24, 2.45) is 0 Å². The second kappa shape index (κ2) is 6.25. The fourth-order valence-electron chi connectivity index (χ4n) is 1.72. The number of nitrogens with zero attached hydrogens (tertiary/aromatic N) is 1. The standard InChI is InChI=1S/C14H8Cl3NO2S/c15-12-4-10(5-13(16)7-12)3-11-2-1-9(8-18)6-14(11)21(17,19)20/h1-2,4-7H,3H2/i1D,2D,6D. The van der Waals surface area contributed by atoms with E-state index in [1.807, 2.05) is 0 Å². The molecule has 2 aromatic carbocycles. The molecule has 0 aromatic heterocycles. The number of halogens is 3. The first-order chi connectivity index (χ1) is 11.1. The van der Waals surface area contributed by atoms with Gasteiger partial charge in [0.25, 0.3) is 9.05 Å². The lowest BCUT2D eigenvalue weighted by Gasteiger charge is -2.08. The zero-order valence-corrected chi connectivity index (χ0v) is 13.3. The van der Waals surface area contributed by atoms with Gasteiger partial charge in [-0.05, 0) is 47.8 Å². The summed E-state index contributed by atoms with van der Waals surface area (Å²) in [4.78, 5) is -0.655. The number of hydrogen-bond acceptors (Lipinski definition) is 3. The average Bonchev–Trinajstić information content (AvgIpc) is 2.42. The van der Waals surface area contributed by atoms with Crippen LogP contribution in [-0.2, 0) is 15.5 Å². The van der Waals surface area contributed by atoms with Gasteiger partial charge in [0, 0.05) is 20.7 Å². The topological polar surface area (TPSA) is 57.9 Å². The minimum Gasteiger partial charge on any atom is -0.207 e. The molecule has 0 saturated carbocycles. The van der Waals surface area contributed by atoms with Gasteiger partial charge in [0.15, 0.2) is 0 Å². The third kappa shape index (κ3) is 4.12. The molecule has 0 amide bonds. The van der Waals surface area contributed by atoms with Gasteiger partial charge in [-0.3, -0.25) is 0 Å². The molecular formula is C14H8Cl3NO2S. The molecule has 3 nitrogen and oxygen atoms in total. The Bertz CT molecular complexity index is 968. The van der Waals surface area contributed by atoms with Crippen molar-refractivity contribution in [2.75, 3.05) is 0 Å². The first kappa shape index (κ1) is 12.3. The second-order valence-electron chi connectivity index (χ2n) is 4.06. The van der Waals surface area contributed by atoms with Crippen LogP contribution in [-0.4, -0.2) is 8.42 Å². The Morgan fingerprint density at radius 2 is 1.81 bits per heavy atom. The number of rotatable bonds is 3. The van der Waals surface area contributed by atoms with Gasteiger partial charge >= 0.3 is 0 Å². The van der Waals surface area contributed by atoms with E-state index in [0.717, 1.165) is 0 Å². The Hall–Kier alpha value is -1.25. The summed E-state index contributed by atoms with van der Waals surface area (Å²) < 4.78 is 47.4. The largest absolute Gasteiger partial charge is 0.261 e. The van der Waals surface area contributed by atoms with Crippen molar-refractivity contribution in [1.82, 2.24) is 0 Å². The van der Waals surface area contributed by atoms with E-state index in [1.165, 1.54) is 18.2 Å². The summed E-state index contributed by atoms with van der Waals surface area (Å²) in [6.07, 6.45) is -0.135. The highest BCUT2D eigenvalue weighted by molar-refractivity contribution is 8.13. The van der Waals surface area contributed by atoms with Crippen molar-refractivity contribution < 1.29 is 12.5 Å². The molecule has 108 valence electrons. The lowest BCUT2D eigenvalue weighted by molar-refractivity contribution is 0.608. The molecule has 2 aromatic rings. The van der Waals surface area contributed by atoms with Crippen LogP contribution in [0.4, 0.5) is 0 Å². The highest BCUT2D eigenvalue weighted by Crippen LogP contribution is 2.26. The Balaban J connectivity index is 2.80. The van der Waals surface area contributed by atoms with E-state index in [2.05, 4.69) is 0 Å². The summed E-state index contributed by atoms with van der Waals surface area (Å²) in [6, 6.07) is 4.37. The fourth-order valence-corrected chi connectivity index (χ4v) is 3.33. The van der Waals surface area contributed by atoms with Gasteiger partial charge in [0.05, 0.1) is 20.6 Å². The van der Waals surface area contributed by atoms with Gasteiger partial charge in [-0.25, -0.2) is 8.42 Å². The van der Waals surface area contributed by atoms with Gasteiger partial charge in [0.1, 0.15) is 0 Å². The molecule has 0 unspecified atom stereocenters. The van der Waals surface area contributed by atoms with Crippen LogP contribution < -0.4 is 0 Å². The highest BCUT2D eigenvalue weighted by atomic mass is 35.7. The second-order valence-corrected chi connectivity index (χ2v) is 7.44. The normalized spacial score (nSPS) is 13.1. The first-order valence-electron chi connectivity index (χ1n) is 6.98. The molecule has 7 heteroatoms.